The minimum absolute atomic E-state index is 0.0776. The largest absolute Gasteiger partial charge is 0.391 e. The van der Waals surface area contributed by atoms with Gasteiger partial charge in [0.2, 0.25) is 0 Å². The summed E-state index contributed by atoms with van der Waals surface area (Å²) in [7, 11) is -3.50. The number of nitrogens with two attached hydrogens (primary N) is 1. The minimum atomic E-state index is -3.50. The fraction of sp³-hybridized carbons (Fsp3) is 0.400. The van der Waals surface area contributed by atoms with Gasteiger partial charge < -0.3 is 10.8 Å². The summed E-state index contributed by atoms with van der Waals surface area (Å²) in [5, 5.41) is 9.76. The lowest BCUT2D eigenvalue weighted by molar-refractivity contribution is 0.205. The molecule has 4 nitrogen and oxygen atoms in total. The molecule has 1 unspecified atom stereocenters. The Labute approximate surface area is 100.0 Å². The number of aryl methyl sites for hydroxylation is 1. The first-order valence-electron chi connectivity index (χ1n) is 4.74. The van der Waals surface area contributed by atoms with Crippen LogP contribution in [0.15, 0.2) is 23.1 Å². The summed E-state index contributed by atoms with van der Waals surface area (Å²) < 4.78 is 23.6. The van der Waals surface area contributed by atoms with Crippen LogP contribution in [-0.2, 0) is 9.84 Å². The lowest BCUT2D eigenvalue weighted by Crippen LogP contribution is -2.28. The highest BCUT2D eigenvalue weighted by Crippen LogP contribution is 2.20. The molecule has 0 amide bonds. The van der Waals surface area contributed by atoms with Crippen LogP contribution in [0.3, 0.4) is 0 Å². The van der Waals surface area contributed by atoms with E-state index in [1.807, 2.05) is 0 Å². The molecular formula is C10H14ClNO3S. The molecule has 1 atom stereocenters. The fourth-order valence-corrected chi connectivity index (χ4v) is 2.81. The van der Waals surface area contributed by atoms with Gasteiger partial charge in [-0.2, -0.15) is 0 Å². The molecule has 0 aliphatic rings. The Bertz CT molecular complexity index is 473. The smallest absolute Gasteiger partial charge is 0.180 e. The van der Waals surface area contributed by atoms with E-state index >= 15 is 0 Å². The molecule has 0 radical (unpaired) electrons. The molecular weight excluding hydrogens is 250 g/mol. The highest BCUT2D eigenvalue weighted by molar-refractivity contribution is 7.91. The molecule has 0 saturated heterocycles. The van der Waals surface area contributed by atoms with Gasteiger partial charge in [0.1, 0.15) is 0 Å². The van der Waals surface area contributed by atoms with E-state index in [1.165, 1.54) is 18.2 Å². The Hall–Kier alpha value is -0.620. The maximum Gasteiger partial charge on any atom is 0.180 e. The third-order valence-electron chi connectivity index (χ3n) is 2.17. The maximum atomic E-state index is 11.8. The van der Waals surface area contributed by atoms with Crippen LogP contribution in [0.5, 0.6) is 0 Å². The summed E-state index contributed by atoms with van der Waals surface area (Å²) in [6.07, 6.45) is -1.04. The van der Waals surface area contributed by atoms with Crippen molar-refractivity contribution in [1.29, 1.82) is 0 Å². The van der Waals surface area contributed by atoms with Crippen LogP contribution in [0, 0.1) is 6.92 Å². The molecule has 1 rings (SSSR count). The molecule has 90 valence electrons. The van der Waals surface area contributed by atoms with Crippen molar-refractivity contribution in [3.63, 3.8) is 0 Å². The summed E-state index contributed by atoms with van der Waals surface area (Å²) in [4.78, 5) is 0.155. The van der Waals surface area contributed by atoms with Gasteiger partial charge in [-0.25, -0.2) is 8.42 Å². The van der Waals surface area contributed by atoms with Crippen molar-refractivity contribution >= 4 is 21.4 Å². The Morgan fingerprint density at radius 2 is 2.12 bits per heavy atom. The first-order valence-corrected chi connectivity index (χ1v) is 6.77. The molecule has 1 aromatic carbocycles. The quantitative estimate of drug-likeness (QED) is 0.840. The Kier molecular flexibility index (Phi) is 4.32. The van der Waals surface area contributed by atoms with E-state index in [1.54, 1.807) is 6.92 Å². The van der Waals surface area contributed by atoms with Gasteiger partial charge >= 0.3 is 0 Å². The van der Waals surface area contributed by atoms with Crippen molar-refractivity contribution in [2.45, 2.75) is 17.9 Å². The van der Waals surface area contributed by atoms with Crippen molar-refractivity contribution in [3.05, 3.63) is 28.8 Å². The van der Waals surface area contributed by atoms with Gasteiger partial charge in [0.05, 0.1) is 16.8 Å². The number of benzene rings is 1. The summed E-state index contributed by atoms with van der Waals surface area (Å²) >= 11 is 5.80. The Balaban J connectivity index is 3.03. The molecule has 0 heterocycles. The Morgan fingerprint density at radius 3 is 2.62 bits per heavy atom. The standard InChI is InChI=1S/C10H14ClNO3S/c1-7-4-9(2-3-10(7)11)16(14,15)6-8(13)5-12/h2-4,8,13H,5-6,12H2,1H3. The molecule has 3 N–H and O–H groups in total. The SMILES string of the molecule is Cc1cc(S(=O)(=O)CC(O)CN)ccc1Cl. The van der Waals surface area contributed by atoms with Gasteiger partial charge in [-0.1, -0.05) is 11.6 Å². The van der Waals surface area contributed by atoms with Crippen LogP contribution in [0.4, 0.5) is 0 Å². The van der Waals surface area contributed by atoms with Gasteiger partial charge in [0.15, 0.2) is 9.84 Å². The molecule has 0 spiro atoms. The van der Waals surface area contributed by atoms with Crippen LogP contribution in [-0.4, -0.2) is 31.9 Å². The molecule has 0 fully saturated rings. The first-order chi connectivity index (χ1) is 7.36. The van der Waals surface area contributed by atoms with E-state index in [4.69, 9.17) is 17.3 Å². The molecule has 1 aromatic rings. The molecule has 0 aliphatic heterocycles. The highest BCUT2D eigenvalue weighted by Gasteiger charge is 2.19. The number of aliphatic hydroxyl groups excluding tert-OH is 1. The van der Waals surface area contributed by atoms with E-state index < -0.39 is 15.9 Å². The number of hydrogen-bond donors (Lipinski definition) is 2. The topological polar surface area (TPSA) is 80.4 Å². The second-order valence-corrected chi connectivity index (χ2v) is 6.02. The number of hydrogen-bond acceptors (Lipinski definition) is 4. The molecule has 0 aromatic heterocycles. The van der Waals surface area contributed by atoms with E-state index in [-0.39, 0.29) is 17.2 Å². The zero-order chi connectivity index (χ0) is 12.3. The summed E-state index contributed by atoms with van der Waals surface area (Å²) in [6, 6.07) is 4.44. The lowest BCUT2D eigenvalue weighted by atomic mass is 10.2. The van der Waals surface area contributed by atoms with Crippen molar-refractivity contribution in [3.8, 4) is 0 Å². The fourth-order valence-electron chi connectivity index (χ4n) is 1.23. The van der Waals surface area contributed by atoms with E-state index in [2.05, 4.69) is 0 Å². The van der Waals surface area contributed by atoms with Gasteiger partial charge in [-0.15, -0.1) is 0 Å². The van der Waals surface area contributed by atoms with Crippen LogP contribution in [0.2, 0.25) is 5.02 Å². The predicted molar refractivity (Wildman–Crippen MR) is 63.3 cm³/mol. The Morgan fingerprint density at radius 1 is 1.50 bits per heavy atom. The van der Waals surface area contributed by atoms with E-state index in [9.17, 15) is 13.5 Å². The monoisotopic (exact) mass is 263 g/mol. The highest BCUT2D eigenvalue weighted by atomic mass is 35.5. The molecule has 0 saturated carbocycles. The van der Waals surface area contributed by atoms with Gasteiger partial charge in [0.25, 0.3) is 0 Å². The summed E-state index contributed by atoms with van der Waals surface area (Å²) in [5.41, 5.74) is 5.86. The average Bonchev–Trinajstić information content (AvgIpc) is 2.21. The number of rotatable bonds is 4. The molecule has 16 heavy (non-hydrogen) atoms. The first kappa shape index (κ1) is 13.4. The van der Waals surface area contributed by atoms with Crippen molar-refractivity contribution < 1.29 is 13.5 Å². The van der Waals surface area contributed by atoms with Crippen molar-refractivity contribution in [2.24, 2.45) is 5.73 Å². The van der Waals surface area contributed by atoms with Crippen molar-refractivity contribution in [2.75, 3.05) is 12.3 Å². The minimum Gasteiger partial charge on any atom is -0.391 e. The van der Waals surface area contributed by atoms with E-state index in [0.717, 1.165) is 0 Å². The van der Waals surface area contributed by atoms with Crippen molar-refractivity contribution in [1.82, 2.24) is 0 Å². The number of sulfone groups is 1. The zero-order valence-electron chi connectivity index (χ0n) is 8.85. The van der Waals surface area contributed by atoms with Gasteiger partial charge in [-0.3, -0.25) is 0 Å². The average molecular weight is 264 g/mol. The normalized spacial score (nSPS) is 13.8. The van der Waals surface area contributed by atoms with Crippen LogP contribution in [0.1, 0.15) is 5.56 Å². The maximum absolute atomic E-state index is 11.8. The van der Waals surface area contributed by atoms with Crippen LogP contribution in [0.25, 0.3) is 0 Å². The second kappa shape index (κ2) is 5.14. The lowest BCUT2D eigenvalue weighted by Gasteiger charge is -2.09. The molecule has 0 aliphatic carbocycles. The molecule has 0 bridgehead atoms. The zero-order valence-corrected chi connectivity index (χ0v) is 10.4. The summed E-state index contributed by atoms with van der Waals surface area (Å²) in [6.45, 7) is 1.65. The number of aliphatic hydroxyl groups is 1. The second-order valence-electron chi connectivity index (χ2n) is 3.58. The molecule has 6 heteroatoms. The van der Waals surface area contributed by atoms with Gasteiger partial charge in [-0.05, 0) is 30.7 Å². The van der Waals surface area contributed by atoms with Crippen LogP contribution < -0.4 is 5.73 Å². The number of halogens is 1. The van der Waals surface area contributed by atoms with Gasteiger partial charge in [0, 0.05) is 11.6 Å². The third-order valence-corrected chi connectivity index (χ3v) is 4.39. The third kappa shape index (κ3) is 3.18. The van der Waals surface area contributed by atoms with E-state index in [0.29, 0.717) is 10.6 Å². The summed E-state index contributed by atoms with van der Waals surface area (Å²) in [5.74, 6) is -0.370. The van der Waals surface area contributed by atoms with Crippen LogP contribution >= 0.6 is 11.6 Å². The predicted octanol–water partition coefficient (Wildman–Crippen LogP) is 0.742.